The van der Waals surface area contributed by atoms with Gasteiger partial charge in [0, 0.05) is 37.9 Å². The normalized spacial score (nSPS) is 14.9. The maximum atomic E-state index is 13.7. The van der Waals surface area contributed by atoms with Crippen LogP contribution in [0.1, 0.15) is 15.9 Å². The van der Waals surface area contributed by atoms with Gasteiger partial charge in [0.05, 0.1) is 5.02 Å². The van der Waals surface area contributed by atoms with Gasteiger partial charge in [-0.15, -0.1) is 10.2 Å². The molecule has 0 saturated carbocycles. The maximum absolute atomic E-state index is 13.7. The van der Waals surface area contributed by atoms with Crippen molar-refractivity contribution in [1.29, 1.82) is 0 Å². The summed E-state index contributed by atoms with van der Waals surface area (Å²) in [7, 11) is 0. The molecule has 4 rings (SSSR count). The number of aryl methyl sites for hydroxylation is 1. The van der Waals surface area contributed by atoms with Gasteiger partial charge in [-0.2, -0.15) is 0 Å². The third-order valence-electron chi connectivity index (χ3n) is 4.64. The fraction of sp³-hybridized carbons (Fsp3) is 0.278. The molecule has 0 aliphatic carbocycles. The van der Waals surface area contributed by atoms with Crippen LogP contribution in [0.15, 0.2) is 36.5 Å². The van der Waals surface area contributed by atoms with Gasteiger partial charge in [0.15, 0.2) is 5.65 Å². The van der Waals surface area contributed by atoms with E-state index in [1.54, 1.807) is 30.0 Å². The van der Waals surface area contributed by atoms with E-state index < -0.39 is 0 Å². The Bertz CT molecular complexity index is 981. The van der Waals surface area contributed by atoms with Crippen molar-refractivity contribution in [2.75, 3.05) is 31.1 Å². The van der Waals surface area contributed by atoms with Crippen molar-refractivity contribution < 1.29 is 9.18 Å². The lowest BCUT2D eigenvalue weighted by Gasteiger charge is -2.34. The van der Waals surface area contributed by atoms with E-state index in [0.717, 1.165) is 0 Å². The summed E-state index contributed by atoms with van der Waals surface area (Å²) in [4.78, 5) is 16.4. The molecule has 0 bridgehead atoms. The third kappa shape index (κ3) is 2.88. The van der Waals surface area contributed by atoms with Crippen molar-refractivity contribution in [3.8, 4) is 0 Å². The highest BCUT2D eigenvalue weighted by molar-refractivity contribution is 6.33. The van der Waals surface area contributed by atoms with Crippen molar-refractivity contribution >= 4 is 29.1 Å². The predicted octanol–water partition coefficient (Wildman–Crippen LogP) is 2.79. The van der Waals surface area contributed by atoms with E-state index in [4.69, 9.17) is 11.6 Å². The zero-order chi connectivity index (χ0) is 18.3. The number of hydrogen-bond acceptors (Lipinski definition) is 4. The first-order valence-corrected chi connectivity index (χ1v) is 8.72. The van der Waals surface area contributed by atoms with Crippen molar-refractivity contribution in [1.82, 2.24) is 19.5 Å². The van der Waals surface area contributed by atoms with Crippen LogP contribution < -0.4 is 4.90 Å². The van der Waals surface area contributed by atoms with E-state index in [1.165, 1.54) is 6.07 Å². The fourth-order valence-corrected chi connectivity index (χ4v) is 3.31. The minimum absolute atomic E-state index is 0.155. The van der Waals surface area contributed by atoms with Crippen LogP contribution in [-0.2, 0) is 0 Å². The Morgan fingerprint density at radius 2 is 1.92 bits per heavy atom. The Morgan fingerprint density at radius 1 is 1.15 bits per heavy atom. The number of pyridine rings is 1. The molecule has 8 heteroatoms. The molecule has 1 fully saturated rings. The summed E-state index contributed by atoms with van der Waals surface area (Å²) in [6.07, 6.45) is 1.86. The quantitative estimate of drug-likeness (QED) is 0.693. The number of nitrogens with zero attached hydrogens (tertiary/aromatic N) is 5. The van der Waals surface area contributed by atoms with Gasteiger partial charge in [-0.05, 0) is 36.8 Å². The Balaban J connectivity index is 1.49. The molecule has 1 aliphatic heterocycles. The second kappa shape index (κ2) is 6.57. The molecule has 0 radical (unpaired) electrons. The van der Waals surface area contributed by atoms with Crippen LogP contribution >= 0.6 is 11.6 Å². The van der Waals surface area contributed by atoms with Crippen LogP contribution in [0.25, 0.3) is 5.65 Å². The van der Waals surface area contributed by atoms with Crippen LogP contribution in [0.2, 0.25) is 5.02 Å². The van der Waals surface area contributed by atoms with Gasteiger partial charge in [-0.1, -0.05) is 17.7 Å². The minimum atomic E-state index is -0.360. The topological polar surface area (TPSA) is 53.7 Å². The minimum Gasteiger partial charge on any atom is -0.337 e. The first-order valence-electron chi connectivity index (χ1n) is 8.34. The standard InChI is InChI=1S/C18H17ClFN5O/c1-12-4-5-13(11-15(12)20)17(26)23-7-9-24(10-8-23)18-22-21-16-14(19)3-2-6-25(16)18/h2-6,11H,7-10H2,1H3. The number of benzene rings is 1. The molecular formula is C18H17ClFN5O. The molecule has 1 aromatic carbocycles. The molecule has 6 nitrogen and oxygen atoms in total. The molecule has 1 aliphatic rings. The van der Waals surface area contributed by atoms with Gasteiger partial charge >= 0.3 is 0 Å². The van der Waals surface area contributed by atoms with Gasteiger partial charge in [-0.3, -0.25) is 9.20 Å². The Kier molecular flexibility index (Phi) is 4.24. The second-order valence-corrected chi connectivity index (χ2v) is 6.70. The number of anilines is 1. The molecule has 26 heavy (non-hydrogen) atoms. The summed E-state index contributed by atoms with van der Waals surface area (Å²) < 4.78 is 15.6. The highest BCUT2D eigenvalue weighted by Crippen LogP contribution is 2.21. The van der Waals surface area contributed by atoms with Gasteiger partial charge in [0.2, 0.25) is 5.95 Å². The van der Waals surface area contributed by atoms with Crippen LogP contribution in [-0.4, -0.2) is 51.6 Å². The van der Waals surface area contributed by atoms with Crippen LogP contribution in [0.3, 0.4) is 0 Å². The summed E-state index contributed by atoms with van der Waals surface area (Å²) in [6, 6.07) is 8.21. The zero-order valence-electron chi connectivity index (χ0n) is 14.2. The van der Waals surface area contributed by atoms with E-state index in [-0.39, 0.29) is 11.7 Å². The van der Waals surface area contributed by atoms with E-state index in [9.17, 15) is 9.18 Å². The number of rotatable bonds is 2. The molecule has 0 atom stereocenters. The predicted molar refractivity (Wildman–Crippen MR) is 97.3 cm³/mol. The average molecular weight is 374 g/mol. The van der Waals surface area contributed by atoms with Crippen molar-refractivity contribution in [2.45, 2.75) is 6.92 Å². The zero-order valence-corrected chi connectivity index (χ0v) is 14.9. The Labute approximate surface area is 154 Å². The van der Waals surface area contributed by atoms with Crippen molar-refractivity contribution in [3.63, 3.8) is 0 Å². The first kappa shape index (κ1) is 16.8. The number of carbonyl (C=O) groups is 1. The summed E-state index contributed by atoms with van der Waals surface area (Å²) in [5.41, 5.74) is 1.52. The summed E-state index contributed by atoms with van der Waals surface area (Å²) >= 11 is 6.14. The number of fused-ring (bicyclic) bond motifs is 1. The molecule has 134 valence electrons. The largest absolute Gasteiger partial charge is 0.337 e. The van der Waals surface area contributed by atoms with E-state index in [0.29, 0.717) is 53.9 Å². The van der Waals surface area contributed by atoms with Gasteiger partial charge in [-0.25, -0.2) is 4.39 Å². The van der Waals surface area contributed by atoms with Crippen LogP contribution in [0, 0.1) is 12.7 Å². The number of carbonyl (C=O) groups excluding carboxylic acids is 1. The van der Waals surface area contributed by atoms with E-state index >= 15 is 0 Å². The fourth-order valence-electron chi connectivity index (χ4n) is 3.10. The van der Waals surface area contributed by atoms with Gasteiger partial charge < -0.3 is 9.80 Å². The lowest BCUT2D eigenvalue weighted by molar-refractivity contribution is 0.0745. The summed E-state index contributed by atoms with van der Waals surface area (Å²) in [5.74, 6) is 0.190. The molecule has 1 amide bonds. The Hall–Kier alpha value is -2.67. The lowest BCUT2D eigenvalue weighted by Crippen LogP contribution is -2.49. The number of amides is 1. The molecule has 3 heterocycles. The number of hydrogen-bond donors (Lipinski definition) is 0. The molecule has 3 aromatic rings. The van der Waals surface area contributed by atoms with Crippen molar-refractivity contribution in [3.05, 3.63) is 58.5 Å². The number of aromatic nitrogens is 3. The highest BCUT2D eigenvalue weighted by atomic mass is 35.5. The van der Waals surface area contributed by atoms with Gasteiger partial charge in [0.1, 0.15) is 5.82 Å². The molecule has 2 aromatic heterocycles. The lowest BCUT2D eigenvalue weighted by atomic mass is 10.1. The first-order chi connectivity index (χ1) is 12.5. The monoisotopic (exact) mass is 373 g/mol. The summed E-state index contributed by atoms with van der Waals surface area (Å²) in [6.45, 7) is 3.98. The maximum Gasteiger partial charge on any atom is 0.254 e. The van der Waals surface area contributed by atoms with Crippen molar-refractivity contribution in [2.24, 2.45) is 0 Å². The third-order valence-corrected chi connectivity index (χ3v) is 4.93. The Morgan fingerprint density at radius 3 is 2.65 bits per heavy atom. The van der Waals surface area contributed by atoms with Crippen LogP contribution in [0.4, 0.5) is 10.3 Å². The molecule has 0 unspecified atom stereocenters. The molecule has 1 saturated heterocycles. The van der Waals surface area contributed by atoms with Crippen LogP contribution in [0.5, 0.6) is 0 Å². The SMILES string of the molecule is Cc1ccc(C(=O)N2CCN(c3nnc4c(Cl)cccn34)CC2)cc1F. The average Bonchev–Trinajstić information content (AvgIpc) is 3.09. The molecule has 0 N–H and O–H groups in total. The molecule has 0 spiro atoms. The van der Waals surface area contributed by atoms with E-state index in [1.807, 2.05) is 16.7 Å². The van der Waals surface area contributed by atoms with Gasteiger partial charge in [0.25, 0.3) is 5.91 Å². The second-order valence-electron chi connectivity index (χ2n) is 6.29. The molecular weight excluding hydrogens is 357 g/mol. The number of halogens is 2. The van der Waals surface area contributed by atoms with E-state index in [2.05, 4.69) is 15.1 Å². The number of piperazine rings is 1. The summed E-state index contributed by atoms with van der Waals surface area (Å²) in [5, 5.41) is 8.90. The smallest absolute Gasteiger partial charge is 0.254 e. The highest BCUT2D eigenvalue weighted by Gasteiger charge is 2.25.